The van der Waals surface area contributed by atoms with Gasteiger partial charge >= 0.3 is 5.97 Å². The molecule has 0 aromatic heterocycles. The molecule has 1 N–H and O–H groups in total. The number of hydrogen-bond acceptors (Lipinski definition) is 4. The molecule has 1 atom stereocenters. The average Bonchev–Trinajstić information content (AvgIpc) is 2.66. The van der Waals surface area contributed by atoms with Gasteiger partial charge in [-0.05, 0) is 42.5 Å². The predicted octanol–water partition coefficient (Wildman–Crippen LogP) is 3.05. The van der Waals surface area contributed by atoms with Gasteiger partial charge in [0.2, 0.25) is 0 Å². The van der Waals surface area contributed by atoms with E-state index in [1.165, 1.54) is 12.7 Å². The topological polar surface area (TPSA) is 64.6 Å². The van der Waals surface area contributed by atoms with Gasteiger partial charge in [0.05, 0.1) is 13.2 Å². The first-order chi connectivity index (χ1) is 12.2. The Morgan fingerprint density at radius 2 is 1.88 bits per heavy atom. The van der Waals surface area contributed by atoms with Crippen LogP contribution in [0.1, 0.15) is 40.4 Å². The fourth-order valence-electron chi connectivity index (χ4n) is 3.16. The lowest BCUT2D eigenvalue weighted by Crippen LogP contribution is -2.34. The van der Waals surface area contributed by atoms with E-state index in [2.05, 4.69) is 11.4 Å². The van der Waals surface area contributed by atoms with Gasteiger partial charge in [-0.25, -0.2) is 4.79 Å². The number of carbonyl (C=O) groups excluding carboxylic acids is 2. The van der Waals surface area contributed by atoms with E-state index in [0.717, 1.165) is 24.8 Å². The Morgan fingerprint density at radius 3 is 2.72 bits per heavy atom. The Labute approximate surface area is 147 Å². The first kappa shape index (κ1) is 17.0. The molecule has 3 rings (SSSR count). The third kappa shape index (κ3) is 3.99. The minimum absolute atomic E-state index is 0.0255. The smallest absolute Gasteiger partial charge is 0.342 e. The molecule has 0 unspecified atom stereocenters. The van der Waals surface area contributed by atoms with Gasteiger partial charge in [-0.1, -0.05) is 36.4 Å². The molecular formula is C20H21NO4. The summed E-state index contributed by atoms with van der Waals surface area (Å²) in [5.41, 5.74) is 2.73. The van der Waals surface area contributed by atoms with E-state index >= 15 is 0 Å². The number of para-hydroxylation sites is 1. The van der Waals surface area contributed by atoms with Crippen molar-refractivity contribution in [3.8, 4) is 5.75 Å². The van der Waals surface area contributed by atoms with Crippen LogP contribution in [-0.2, 0) is 16.0 Å². The SMILES string of the molecule is COc1ccccc1C(=O)OCC(=O)N[C@H]1CCCc2ccccc21. The van der Waals surface area contributed by atoms with E-state index in [1.807, 2.05) is 18.2 Å². The Hall–Kier alpha value is -2.82. The molecule has 25 heavy (non-hydrogen) atoms. The van der Waals surface area contributed by atoms with Crippen molar-refractivity contribution in [3.05, 3.63) is 65.2 Å². The molecule has 0 saturated heterocycles. The zero-order chi connectivity index (χ0) is 17.6. The Balaban J connectivity index is 1.58. The number of fused-ring (bicyclic) bond motifs is 1. The summed E-state index contributed by atoms with van der Waals surface area (Å²) < 4.78 is 10.3. The number of carbonyl (C=O) groups is 2. The second-order valence-electron chi connectivity index (χ2n) is 5.99. The summed E-state index contributed by atoms with van der Waals surface area (Å²) in [7, 11) is 1.49. The average molecular weight is 339 g/mol. The van der Waals surface area contributed by atoms with E-state index < -0.39 is 5.97 Å². The largest absolute Gasteiger partial charge is 0.496 e. The van der Waals surface area contributed by atoms with Crippen molar-refractivity contribution in [2.24, 2.45) is 0 Å². The van der Waals surface area contributed by atoms with Crippen LogP contribution in [0, 0.1) is 0 Å². The molecule has 0 bridgehead atoms. The standard InChI is InChI=1S/C20H21NO4/c1-24-18-12-5-4-10-16(18)20(23)25-13-19(22)21-17-11-6-8-14-7-2-3-9-15(14)17/h2-5,7,9-10,12,17H,6,8,11,13H2,1H3,(H,21,22)/t17-/m0/s1. The lowest BCUT2D eigenvalue weighted by Gasteiger charge is -2.26. The molecule has 1 amide bonds. The first-order valence-electron chi connectivity index (χ1n) is 8.36. The number of benzene rings is 2. The van der Waals surface area contributed by atoms with E-state index in [4.69, 9.17) is 9.47 Å². The van der Waals surface area contributed by atoms with Crippen LogP contribution in [0.15, 0.2) is 48.5 Å². The van der Waals surface area contributed by atoms with E-state index in [1.54, 1.807) is 24.3 Å². The molecule has 0 fully saturated rings. The highest BCUT2D eigenvalue weighted by molar-refractivity contribution is 5.94. The highest BCUT2D eigenvalue weighted by atomic mass is 16.5. The van der Waals surface area contributed by atoms with Crippen molar-refractivity contribution in [1.29, 1.82) is 0 Å². The lowest BCUT2D eigenvalue weighted by atomic mass is 9.88. The van der Waals surface area contributed by atoms with E-state index in [0.29, 0.717) is 11.3 Å². The number of esters is 1. The second kappa shape index (κ2) is 7.83. The molecule has 0 saturated carbocycles. The van der Waals surface area contributed by atoms with Crippen LogP contribution in [0.4, 0.5) is 0 Å². The summed E-state index contributed by atoms with van der Waals surface area (Å²) in [5.74, 6) is -0.448. The molecular weight excluding hydrogens is 318 g/mol. The highest BCUT2D eigenvalue weighted by Gasteiger charge is 2.22. The molecule has 0 spiro atoms. The number of hydrogen-bond donors (Lipinski definition) is 1. The second-order valence-corrected chi connectivity index (χ2v) is 5.99. The number of aryl methyl sites for hydroxylation is 1. The quantitative estimate of drug-likeness (QED) is 0.851. The fourth-order valence-corrected chi connectivity index (χ4v) is 3.16. The number of ether oxygens (including phenoxy) is 2. The number of rotatable bonds is 5. The van der Waals surface area contributed by atoms with Gasteiger partial charge in [0, 0.05) is 0 Å². The summed E-state index contributed by atoms with van der Waals surface area (Å²) in [4.78, 5) is 24.3. The van der Waals surface area contributed by atoms with Crippen molar-refractivity contribution in [1.82, 2.24) is 5.32 Å². The molecule has 130 valence electrons. The number of methoxy groups -OCH3 is 1. The van der Waals surface area contributed by atoms with Crippen molar-refractivity contribution in [2.45, 2.75) is 25.3 Å². The van der Waals surface area contributed by atoms with Gasteiger partial charge in [0.15, 0.2) is 6.61 Å². The van der Waals surface area contributed by atoms with Crippen molar-refractivity contribution >= 4 is 11.9 Å². The maximum atomic E-state index is 12.2. The third-order valence-electron chi connectivity index (χ3n) is 4.37. The summed E-state index contributed by atoms with van der Waals surface area (Å²) in [6, 6.07) is 14.9. The third-order valence-corrected chi connectivity index (χ3v) is 4.37. The molecule has 2 aromatic rings. The minimum Gasteiger partial charge on any atom is -0.496 e. The normalized spacial score (nSPS) is 15.8. The van der Waals surface area contributed by atoms with Crippen LogP contribution >= 0.6 is 0 Å². The molecule has 0 aliphatic heterocycles. The monoisotopic (exact) mass is 339 g/mol. The first-order valence-corrected chi connectivity index (χ1v) is 8.36. The molecule has 0 heterocycles. The lowest BCUT2D eigenvalue weighted by molar-refractivity contribution is -0.125. The minimum atomic E-state index is -0.573. The van der Waals surface area contributed by atoms with Crippen LogP contribution in [-0.4, -0.2) is 25.6 Å². The van der Waals surface area contributed by atoms with Gasteiger partial charge in [0.25, 0.3) is 5.91 Å². The highest BCUT2D eigenvalue weighted by Crippen LogP contribution is 2.29. The van der Waals surface area contributed by atoms with Gasteiger partial charge in [-0.3, -0.25) is 4.79 Å². The van der Waals surface area contributed by atoms with Crippen LogP contribution in [0.25, 0.3) is 0 Å². The zero-order valence-electron chi connectivity index (χ0n) is 14.2. The van der Waals surface area contributed by atoms with Crippen molar-refractivity contribution in [3.63, 3.8) is 0 Å². The molecule has 0 radical (unpaired) electrons. The fraction of sp³-hybridized carbons (Fsp3) is 0.300. The van der Waals surface area contributed by atoms with Gasteiger partial charge in [-0.15, -0.1) is 0 Å². The number of nitrogens with one attached hydrogen (secondary N) is 1. The molecule has 5 heteroatoms. The van der Waals surface area contributed by atoms with Gasteiger partial charge < -0.3 is 14.8 Å². The predicted molar refractivity (Wildman–Crippen MR) is 93.5 cm³/mol. The summed E-state index contributed by atoms with van der Waals surface area (Å²) >= 11 is 0. The van der Waals surface area contributed by atoms with Crippen LogP contribution in [0.5, 0.6) is 5.75 Å². The van der Waals surface area contributed by atoms with Crippen LogP contribution < -0.4 is 10.1 Å². The molecule has 5 nitrogen and oxygen atoms in total. The van der Waals surface area contributed by atoms with Gasteiger partial charge in [0.1, 0.15) is 11.3 Å². The molecule has 1 aliphatic carbocycles. The van der Waals surface area contributed by atoms with Crippen LogP contribution in [0.2, 0.25) is 0 Å². The Morgan fingerprint density at radius 1 is 1.12 bits per heavy atom. The van der Waals surface area contributed by atoms with Crippen LogP contribution in [0.3, 0.4) is 0 Å². The maximum Gasteiger partial charge on any atom is 0.342 e. The van der Waals surface area contributed by atoms with Gasteiger partial charge in [-0.2, -0.15) is 0 Å². The molecule has 1 aliphatic rings. The summed E-state index contributed by atoms with van der Waals surface area (Å²) in [6.07, 6.45) is 2.96. The van der Waals surface area contributed by atoms with E-state index in [9.17, 15) is 9.59 Å². The summed E-state index contributed by atoms with van der Waals surface area (Å²) in [5, 5.41) is 2.96. The van der Waals surface area contributed by atoms with E-state index in [-0.39, 0.29) is 18.6 Å². The summed E-state index contributed by atoms with van der Waals surface area (Å²) in [6.45, 7) is -0.310. The van der Waals surface area contributed by atoms with Crippen molar-refractivity contribution < 1.29 is 19.1 Å². The van der Waals surface area contributed by atoms with Crippen molar-refractivity contribution in [2.75, 3.05) is 13.7 Å². The number of amides is 1. The Kier molecular flexibility index (Phi) is 5.33. The zero-order valence-corrected chi connectivity index (χ0v) is 14.2. The molecule has 2 aromatic carbocycles. The Bertz CT molecular complexity index is 772. The maximum absolute atomic E-state index is 12.2.